The van der Waals surface area contributed by atoms with Gasteiger partial charge in [-0.25, -0.2) is 4.79 Å². The van der Waals surface area contributed by atoms with Gasteiger partial charge in [-0.2, -0.15) is 0 Å². The van der Waals surface area contributed by atoms with Crippen molar-refractivity contribution in [2.45, 2.75) is 26.4 Å². The third kappa shape index (κ3) is 3.85. The van der Waals surface area contributed by atoms with Crippen molar-refractivity contribution in [3.8, 4) is 5.75 Å². The van der Waals surface area contributed by atoms with Gasteiger partial charge in [0.15, 0.2) is 11.9 Å². The second-order valence-corrected chi connectivity index (χ2v) is 4.66. The number of rotatable bonds is 6. The van der Waals surface area contributed by atoms with Crippen LogP contribution in [0.25, 0.3) is 0 Å². The molecule has 2 N–H and O–H groups in total. The van der Waals surface area contributed by atoms with Gasteiger partial charge in [-0.05, 0) is 31.5 Å². The Kier molecular flexibility index (Phi) is 4.77. The highest BCUT2D eigenvalue weighted by Crippen LogP contribution is 2.17. The van der Waals surface area contributed by atoms with Gasteiger partial charge in [-0.15, -0.1) is 0 Å². The van der Waals surface area contributed by atoms with E-state index in [0.717, 1.165) is 0 Å². The fraction of sp³-hybridized carbons (Fsp3) is 0.267. The summed E-state index contributed by atoms with van der Waals surface area (Å²) < 4.78 is 10.4. The summed E-state index contributed by atoms with van der Waals surface area (Å²) in [6, 6.07) is 7.58. The van der Waals surface area contributed by atoms with Crippen LogP contribution in [0.3, 0.4) is 0 Å². The van der Waals surface area contributed by atoms with Crippen LogP contribution in [0.2, 0.25) is 0 Å². The number of carbonyl (C=O) groups is 2. The van der Waals surface area contributed by atoms with E-state index in [4.69, 9.17) is 14.4 Å². The van der Waals surface area contributed by atoms with Crippen molar-refractivity contribution < 1.29 is 24.0 Å². The zero-order valence-corrected chi connectivity index (χ0v) is 12.2. The van der Waals surface area contributed by atoms with Crippen LogP contribution in [0.4, 0.5) is 5.82 Å². The van der Waals surface area contributed by atoms with Crippen LogP contribution in [0.1, 0.15) is 29.5 Å². The lowest BCUT2D eigenvalue weighted by Crippen LogP contribution is -2.32. The highest BCUT2D eigenvalue weighted by atomic mass is 16.5. The number of anilines is 1. The van der Waals surface area contributed by atoms with Gasteiger partial charge in [0.05, 0.1) is 5.56 Å². The highest BCUT2D eigenvalue weighted by molar-refractivity contribution is 5.93. The molecule has 1 atom stereocenters. The van der Waals surface area contributed by atoms with Gasteiger partial charge in [-0.3, -0.25) is 4.79 Å². The van der Waals surface area contributed by atoms with Gasteiger partial charge in [0.1, 0.15) is 11.5 Å². The van der Waals surface area contributed by atoms with Crippen molar-refractivity contribution in [3.63, 3.8) is 0 Å². The van der Waals surface area contributed by atoms with Crippen LogP contribution in [-0.2, 0) is 4.79 Å². The minimum absolute atomic E-state index is 0.0971. The Bertz CT molecular complexity index is 680. The largest absolute Gasteiger partial charge is 0.481 e. The number of hydrogen-bond donors (Lipinski definition) is 2. The Balaban J connectivity index is 2.06. The van der Waals surface area contributed by atoms with E-state index >= 15 is 0 Å². The summed E-state index contributed by atoms with van der Waals surface area (Å²) >= 11 is 0. The van der Waals surface area contributed by atoms with E-state index in [0.29, 0.717) is 23.7 Å². The molecule has 116 valence electrons. The van der Waals surface area contributed by atoms with Crippen LogP contribution in [0.5, 0.6) is 5.75 Å². The van der Waals surface area contributed by atoms with Crippen molar-refractivity contribution in [2.75, 3.05) is 5.32 Å². The topological polar surface area (TPSA) is 102 Å². The third-order valence-corrected chi connectivity index (χ3v) is 2.90. The standard InChI is InChI=1S/C15H16N2O5/c1-3-12(14(18)16-13-7-9(2)22-17-13)21-11-6-4-5-10(8-11)15(19)20/h4-8,12H,3H2,1-2H3,(H,19,20)(H,16,17,18). The molecule has 0 spiro atoms. The fourth-order valence-corrected chi connectivity index (χ4v) is 1.82. The summed E-state index contributed by atoms with van der Waals surface area (Å²) in [6.45, 7) is 3.51. The second-order valence-electron chi connectivity index (χ2n) is 4.66. The molecule has 0 saturated heterocycles. The Hall–Kier alpha value is -2.83. The molecule has 2 rings (SSSR count). The van der Waals surface area contributed by atoms with E-state index in [-0.39, 0.29) is 11.5 Å². The van der Waals surface area contributed by atoms with E-state index in [1.165, 1.54) is 12.1 Å². The zero-order chi connectivity index (χ0) is 16.1. The summed E-state index contributed by atoms with van der Waals surface area (Å²) in [4.78, 5) is 23.1. The van der Waals surface area contributed by atoms with Crippen LogP contribution in [0.15, 0.2) is 34.9 Å². The lowest BCUT2D eigenvalue weighted by molar-refractivity contribution is -0.122. The van der Waals surface area contributed by atoms with Gasteiger partial charge in [-0.1, -0.05) is 18.1 Å². The second kappa shape index (κ2) is 6.75. The summed E-state index contributed by atoms with van der Waals surface area (Å²) in [5.41, 5.74) is 0.0971. The molecule has 0 radical (unpaired) electrons. The van der Waals surface area contributed by atoms with E-state index < -0.39 is 12.1 Å². The Morgan fingerprint density at radius 2 is 2.18 bits per heavy atom. The van der Waals surface area contributed by atoms with E-state index in [2.05, 4.69) is 10.5 Å². The maximum Gasteiger partial charge on any atom is 0.335 e. The number of hydrogen-bond acceptors (Lipinski definition) is 5. The number of carbonyl (C=O) groups excluding carboxylic acids is 1. The number of benzene rings is 1. The maximum absolute atomic E-state index is 12.1. The zero-order valence-electron chi connectivity index (χ0n) is 12.2. The van der Waals surface area contributed by atoms with E-state index in [1.54, 1.807) is 32.0 Å². The monoisotopic (exact) mass is 304 g/mol. The molecule has 0 saturated carbocycles. The molecule has 1 heterocycles. The van der Waals surface area contributed by atoms with Crippen molar-refractivity contribution in [1.82, 2.24) is 5.16 Å². The highest BCUT2D eigenvalue weighted by Gasteiger charge is 2.20. The fourth-order valence-electron chi connectivity index (χ4n) is 1.82. The van der Waals surface area contributed by atoms with Gasteiger partial charge < -0.3 is 19.7 Å². The molecule has 1 amide bonds. The molecule has 7 heteroatoms. The maximum atomic E-state index is 12.1. The SMILES string of the molecule is CCC(Oc1cccc(C(=O)O)c1)C(=O)Nc1cc(C)on1. The lowest BCUT2D eigenvalue weighted by atomic mass is 10.2. The first kappa shape index (κ1) is 15.6. The number of nitrogens with zero attached hydrogens (tertiary/aromatic N) is 1. The summed E-state index contributed by atoms with van der Waals surface area (Å²) in [7, 11) is 0. The number of carboxylic acids is 1. The molecule has 22 heavy (non-hydrogen) atoms. The van der Waals surface area contributed by atoms with Gasteiger partial charge in [0, 0.05) is 6.07 Å². The van der Waals surface area contributed by atoms with Gasteiger partial charge >= 0.3 is 5.97 Å². The van der Waals surface area contributed by atoms with E-state index in [1.807, 2.05) is 0 Å². The Morgan fingerprint density at radius 3 is 2.77 bits per heavy atom. The van der Waals surface area contributed by atoms with Gasteiger partial charge in [0.2, 0.25) is 0 Å². The number of aromatic nitrogens is 1. The predicted molar refractivity (Wildman–Crippen MR) is 78.0 cm³/mol. The first-order chi connectivity index (χ1) is 10.5. The molecule has 1 unspecified atom stereocenters. The van der Waals surface area contributed by atoms with Gasteiger partial charge in [0.25, 0.3) is 5.91 Å². The summed E-state index contributed by atoms with van der Waals surface area (Å²) in [6.07, 6.45) is -0.346. The molecule has 1 aromatic heterocycles. The average Bonchev–Trinajstić information content (AvgIpc) is 2.90. The van der Waals surface area contributed by atoms with Crippen molar-refractivity contribution >= 4 is 17.7 Å². The van der Waals surface area contributed by atoms with Crippen molar-refractivity contribution in [2.24, 2.45) is 0 Å². The number of nitrogens with one attached hydrogen (secondary N) is 1. The number of amides is 1. The van der Waals surface area contributed by atoms with Crippen LogP contribution in [0, 0.1) is 6.92 Å². The average molecular weight is 304 g/mol. The molecular weight excluding hydrogens is 288 g/mol. The first-order valence-corrected chi connectivity index (χ1v) is 6.73. The molecule has 0 bridgehead atoms. The molecule has 0 aliphatic rings. The van der Waals surface area contributed by atoms with Crippen LogP contribution < -0.4 is 10.1 Å². The number of ether oxygens (including phenoxy) is 1. The normalized spacial score (nSPS) is 11.7. The number of aryl methyl sites for hydroxylation is 1. The molecule has 1 aromatic carbocycles. The van der Waals surface area contributed by atoms with Crippen LogP contribution in [-0.4, -0.2) is 28.2 Å². The number of carboxylic acid groups (broad SMARTS) is 1. The minimum atomic E-state index is -1.05. The molecule has 7 nitrogen and oxygen atoms in total. The van der Waals surface area contributed by atoms with Crippen molar-refractivity contribution in [1.29, 1.82) is 0 Å². The lowest BCUT2D eigenvalue weighted by Gasteiger charge is -2.16. The van der Waals surface area contributed by atoms with Crippen molar-refractivity contribution in [3.05, 3.63) is 41.7 Å². The summed E-state index contributed by atoms with van der Waals surface area (Å²) in [5.74, 6) is -0.224. The molecule has 0 fully saturated rings. The number of aromatic carboxylic acids is 1. The first-order valence-electron chi connectivity index (χ1n) is 6.73. The van der Waals surface area contributed by atoms with Crippen LogP contribution >= 0.6 is 0 Å². The minimum Gasteiger partial charge on any atom is -0.481 e. The third-order valence-electron chi connectivity index (χ3n) is 2.90. The summed E-state index contributed by atoms with van der Waals surface area (Å²) in [5, 5.41) is 15.2. The Morgan fingerprint density at radius 1 is 1.41 bits per heavy atom. The molecule has 0 aliphatic carbocycles. The molecule has 0 aliphatic heterocycles. The predicted octanol–water partition coefficient (Wildman–Crippen LogP) is 2.48. The Labute approximate surface area is 126 Å². The quantitative estimate of drug-likeness (QED) is 0.850. The smallest absolute Gasteiger partial charge is 0.335 e. The molecular formula is C15H16N2O5. The molecule has 2 aromatic rings. The van der Waals surface area contributed by atoms with E-state index in [9.17, 15) is 9.59 Å².